The Hall–Kier alpha value is -3.42. The van der Waals surface area contributed by atoms with Gasteiger partial charge >= 0.3 is 6.03 Å². The van der Waals surface area contributed by atoms with Crippen LogP contribution in [0.5, 0.6) is 17.2 Å². The Morgan fingerprint density at radius 1 is 1.03 bits per heavy atom. The molecule has 1 unspecified atom stereocenters. The predicted octanol–water partition coefficient (Wildman–Crippen LogP) is 4.54. The molecule has 0 saturated heterocycles. The molecular formula is C27H35N3O5. The molecule has 4 rings (SSSR count). The van der Waals surface area contributed by atoms with Crippen molar-refractivity contribution in [1.29, 1.82) is 0 Å². The third-order valence-corrected chi connectivity index (χ3v) is 6.88. The lowest BCUT2D eigenvalue weighted by atomic mass is 9.91. The summed E-state index contributed by atoms with van der Waals surface area (Å²) in [6.45, 7) is 3.38. The van der Waals surface area contributed by atoms with Crippen molar-refractivity contribution in [1.82, 2.24) is 10.2 Å². The SMILES string of the molecule is CCOc1ccc(NC(=O)N2CCc3cc(OC)c(OC)cc3C2CNC(=O)C2CCCC2)cc1. The zero-order chi connectivity index (χ0) is 24.8. The zero-order valence-corrected chi connectivity index (χ0v) is 20.8. The van der Waals surface area contributed by atoms with E-state index in [0.717, 1.165) is 42.6 Å². The highest BCUT2D eigenvalue weighted by Crippen LogP contribution is 2.38. The van der Waals surface area contributed by atoms with Crippen LogP contribution in [0.2, 0.25) is 0 Å². The quantitative estimate of drug-likeness (QED) is 0.578. The minimum atomic E-state index is -0.327. The summed E-state index contributed by atoms with van der Waals surface area (Å²) >= 11 is 0. The maximum absolute atomic E-state index is 13.4. The van der Waals surface area contributed by atoms with Crippen LogP contribution in [-0.4, -0.2) is 50.8 Å². The first kappa shape index (κ1) is 24.7. The number of hydrogen-bond acceptors (Lipinski definition) is 5. The van der Waals surface area contributed by atoms with E-state index in [1.54, 1.807) is 19.1 Å². The van der Waals surface area contributed by atoms with Crippen LogP contribution < -0.4 is 24.8 Å². The molecule has 35 heavy (non-hydrogen) atoms. The van der Waals surface area contributed by atoms with Crippen LogP contribution in [0.4, 0.5) is 10.5 Å². The predicted molar refractivity (Wildman–Crippen MR) is 134 cm³/mol. The molecule has 2 aliphatic rings. The molecule has 1 saturated carbocycles. The molecule has 1 heterocycles. The van der Waals surface area contributed by atoms with Gasteiger partial charge < -0.3 is 29.7 Å². The lowest BCUT2D eigenvalue weighted by Gasteiger charge is -2.38. The van der Waals surface area contributed by atoms with E-state index in [9.17, 15) is 9.59 Å². The number of carbonyl (C=O) groups excluding carboxylic acids is 2. The topological polar surface area (TPSA) is 89.1 Å². The molecule has 1 atom stereocenters. The van der Waals surface area contributed by atoms with E-state index in [2.05, 4.69) is 10.6 Å². The molecular weight excluding hydrogens is 446 g/mol. The van der Waals surface area contributed by atoms with Gasteiger partial charge in [-0.25, -0.2) is 4.79 Å². The second-order valence-electron chi connectivity index (χ2n) is 8.98. The molecule has 0 aromatic heterocycles. The Morgan fingerprint density at radius 3 is 2.37 bits per heavy atom. The summed E-state index contributed by atoms with van der Waals surface area (Å²) in [6.07, 6.45) is 4.73. The van der Waals surface area contributed by atoms with Gasteiger partial charge in [-0.2, -0.15) is 0 Å². The number of carbonyl (C=O) groups is 2. The van der Waals surface area contributed by atoms with E-state index < -0.39 is 0 Å². The third kappa shape index (κ3) is 5.63. The van der Waals surface area contributed by atoms with Gasteiger partial charge in [0.2, 0.25) is 5.91 Å². The molecule has 0 spiro atoms. The largest absolute Gasteiger partial charge is 0.494 e. The van der Waals surface area contributed by atoms with Crippen molar-refractivity contribution in [3.63, 3.8) is 0 Å². The number of rotatable bonds is 8. The maximum Gasteiger partial charge on any atom is 0.322 e. The van der Waals surface area contributed by atoms with Gasteiger partial charge in [-0.05, 0) is 73.7 Å². The van der Waals surface area contributed by atoms with E-state index in [-0.39, 0.29) is 23.9 Å². The van der Waals surface area contributed by atoms with Crippen LogP contribution in [-0.2, 0) is 11.2 Å². The van der Waals surface area contributed by atoms with Crippen molar-refractivity contribution in [2.24, 2.45) is 5.92 Å². The van der Waals surface area contributed by atoms with Gasteiger partial charge in [-0.1, -0.05) is 12.8 Å². The van der Waals surface area contributed by atoms with Crippen LogP contribution in [0.1, 0.15) is 49.8 Å². The highest BCUT2D eigenvalue weighted by Gasteiger charge is 2.33. The Morgan fingerprint density at radius 2 is 1.71 bits per heavy atom. The lowest BCUT2D eigenvalue weighted by Crippen LogP contribution is -2.47. The van der Waals surface area contributed by atoms with Crippen molar-refractivity contribution in [3.8, 4) is 17.2 Å². The number of methoxy groups -OCH3 is 2. The van der Waals surface area contributed by atoms with Gasteiger partial charge in [-0.15, -0.1) is 0 Å². The molecule has 1 aliphatic heterocycles. The lowest BCUT2D eigenvalue weighted by molar-refractivity contribution is -0.125. The average molecular weight is 482 g/mol. The smallest absolute Gasteiger partial charge is 0.322 e. The summed E-state index contributed by atoms with van der Waals surface area (Å²) < 4.78 is 16.5. The van der Waals surface area contributed by atoms with Crippen molar-refractivity contribution >= 4 is 17.6 Å². The van der Waals surface area contributed by atoms with Crippen LogP contribution in [0, 0.1) is 5.92 Å². The van der Waals surface area contributed by atoms with Gasteiger partial charge in [0.1, 0.15) is 5.75 Å². The number of anilines is 1. The Labute approximate surface area is 206 Å². The number of hydrogen-bond donors (Lipinski definition) is 2. The number of nitrogens with zero attached hydrogens (tertiary/aromatic N) is 1. The Bertz CT molecular complexity index is 1030. The maximum atomic E-state index is 13.4. The third-order valence-electron chi connectivity index (χ3n) is 6.88. The summed E-state index contributed by atoms with van der Waals surface area (Å²) in [5.74, 6) is 2.15. The first-order valence-corrected chi connectivity index (χ1v) is 12.4. The molecule has 2 N–H and O–H groups in total. The fourth-order valence-electron chi connectivity index (χ4n) is 5.02. The molecule has 0 bridgehead atoms. The summed E-state index contributed by atoms with van der Waals surface area (Å²) in [7, 11) is 3.21. The van der Waals surface area contributed by atoms with Gasteiger partial charge in [0.25, 0.3) is 0 Å². The molecule has 3 amide bonds. The van der Waals surface area contributed by atoms with E-state index in [0.29, 0.717) is 43.3 Å². The standard InChI is InChI=1S/C27H35N3O5/c1-4-35-21-11-9-20(10-12-21)29-27(32)30-14-13-19-15-24(33-2)25(34-3)16-22(19)23(30)17-28-26(31)18-7-5-6-8-18/h9-12,15-16,18,23H,4-8,13-14,17H2,1-3H3,(H,28,31)(H,29,32). The first-order chi connectivity index (χ1) is 17.0. The number of fused-ring (bicyclic) bond motifs is 1. The van der Waals surface area contributed by atoms with Crippen LogP contribution in [0.3, 0.4) is 0 Å². The monoisotopic (exact) mass is 481 g/mol. The second-order valence-corrected chi connectivity index (χ2v) is 8.98. The molecule has 8 nitrogen and oxygen atoms in total. The molecule has 0 radical (unpaired) electrons. The van der Waals surface area contributed by atoms with E-state index in [1.165, 1.54) is 0 Å². The van der Waals surface area contributed by atoms with E-state index >= 15 is 0 Å². The van der Waals surface area contributed by atoms with Crippen LogP contribution in [0.15, 0.2) is 36.4 Å². The summed E-state index contributed by atoms with van der Waals surface area (Å²) in [5.41, 5.74) is 2.74. The van der Waals surface area contributed by atoms with Crippen molar-refractivity contribution in [2.45, 2.75) is 45.1 Å². The number of amides is 3. The zero-order valence-electron chi connectivity index (χ0n) is 20.8. The fourth-order valence-corrected chi connectivity index (χ4v) is 5.02. The Balaban J connectivity index is 1.56. The van der Waals surface area contributed by atoms with E-state index in [1.807, 2.05) is 43.3 Å². The Kier molecular flexibility index (Phi) is 8.00. The molecule has 8 heteroatoms. The summed E-state index contributed by atoms with van der Waals surface area (Å²) in [6, 6.07) is 10.7. The normalized spacial score (nSPS) is 17.5. The van der Waals surface area contributed by atoms with Crippen LogP contribution in [0.25, 0.3) is 0 Å². The minimum absolute atomic E-state index is 0.0644. The van der Waals surface area contributed by atoms with Crippen molar-refractivity contribution in [2.75, 3.05) is 39.2 Å². The molecule has 2 aromatic rings. The summed E-state index contributed by atoms with van der Waals surface area (Å²) in [5, 5.41) is 6.12. The van der Waals surface area contributed by atoms with Gasteiger partial charge in [0, 0.05) is 24.7 Å². The van der Waals surface area contributed by atoms with Crippen LogP contribution >= 0.6 is 0 Å². The molecule has 188 valence electrons. The van der Waals surface area contributed by atoms with Gasteiger partial charge in [0.15, 0.2) is 11.5 Å². The first-order valence-electron chi connectivity index (χ1n) is 12.4. The molecule has 1 fully saturated rings. The number of nitrogens with one attached hydrogen (secondary N) is 2. The van der Waals surface area contributed by atoms with Gasteiger partial charge in [-0.3, -0.25) is 4.79 Å². The van der Waals surface area contributed by atoms with Crippen molar-refractivity contribution < 1.29 is 23.8 Å². The fraction of sp³-hybridized carbons (Fsp3) is 0.481. The highest BCUT2D eigenvalue weighted by molar-refractivity contribution is 5.90. The second kappa shape index (κ2) is 11.3. The highest BCUT2D eigenvalue weighted by atomic mass is 16.5. The number of urea groups is 1. The number of ether oxygens (including phenoxy) is 3. The van der Waals surface area contributed by atoms with Gasteiger partial charge in [0.05, 0.1) is 26.9 Å². The van der Waals surface area contributed by atoms with Crippen molar-refractivity contribution in [3.05, 3.63) is 47.5 Å². The number of benzene rings is 2. The molecule has 2 aromatic carbocycles. The molecule has 1 aliphatic carbocycles. The summed E-state index contributed by atoms with van der Waals surface area (Å²) in [4.78, 5) is 28.0. The minimum Gasteiger partial charge on any atom is -0.494 e. The van der Waals surface area contributed by atoms with E-state index in [4.69, 9.17) is 14.2 Å². The average Bonchev–Trinajstić information content (AvgIpc) is 3.42.